The second-order valence-corrected chi connectivity index (χ2v) is 5.98. The average Bonchev–Trinajstić information content (AvgIpc) is 2.89. The Balaban J connectivity index is 1.67. The summed E-state index contributed by atoms with van der Waals surface area (Å²) in [5, 5.41) is 4.63. The Hall–Kier alpha value is -0.550. The average molecular weight is 301 g/mol. The lowest BCUT2D eigenvalue weighted by molar-refractivity contribution is 0.185. The lowest BCUT2D eigenvalue weighted by Gasteiger charge is -2.32. The first-order valence-electron chi connectivity index (χ1n) is 6.75. The molecule has 2 saturated heterocycles. The number of hydrogen-bond donors (Lipinski definition) is 1. The first-order valence-corrected chi connectivity index (χ1v) is 7.50. The molecule has 0 amide bonds. The molecule has 0 aromatic carbocycles. The highest BCUT2D eigenvalue weighted by atomic mass is 35.5. The highest BCUT2D eigenvalue weighted by molar-refractivity contribution is 6.36. The van der Waals surface area contributed by atoms with Crippen molar-refractivity contribution in [2.45, 2.75) is 12.5 Å². The third-order valence-electron chi connectivity index (χ3n) is 3.92. The number of anilines is 1. The van der Waals surface area contributed by atoms with Crippen molar-refractivity contribution in [2.75, 3.05) is 44.2 Å². The molecule has 2 aliphatic rings. The van der Waals surface area contributed by atoms with Crippen molar-refractivity contribution in [3.8, 4) is 0 Å². The summed E-state index contributed by atoms with van der Waals surface area (Å²) < 4.78 is 0. The van der Waals surface area contributed by atoms with E-state index in [-0.39, 0.29) is 0 Å². The number of nitrogens with one attached hydrogen (secondary N) is 1. The zero-order valence-corrected chi connectivity index (χ0v) is 12.3. The quantitative estimate of drug-likeness (QED) is 0.904. The van der Waals surface area contributed by atoms with Crippen molar-refractivity contribution >= 4 is 29.0 Å². The Morgan fingerprint density at radius 1 is 1.21 bits per heavy atom. The molecule has 0 spiro atoms. The van der Waals surface area contributed by atoms with E-state index in [1.165, 1.54) is 6.42 Å². The van der Waals surface area contributed by atoms with Crippen molar-refractivity contribution in [2.24, 2.45) is 0 Å². The second-order valence-electron chi connectivity index (χ2n) is 5.13. The number of hydrogen-bond acceptors (Lipinski definition) is 4. The Morgan fingerprint density at radius 3 is 2.74 bits per heavy atom. The standard InChI is InChI=1S/C13H18Cl2N4/c14-10-7-12(15)13(17-8-10)19-4-1-11(9-19)18-5-2-16-3-6-18/h7-8,11,16H,1-6,9H2. The van der Waals surface area contributed by atoms with E-state index in [2.05, 4.69) is 20.1 Å². The number of pyridine rings is 1. The van der Waals surface area contributed by atoms with Crippen LogP contribution >= 0.6 is 23.2 Å². The van der Waals surface area contributed by atoms with Crippen molar-refractivity contribution < 1.29 is 0 Å². The van der Waals surface area contributed by atoms with Gasteiger partial charge in [0.2, 0.25) is 0 Å². The summed E-state index contributed by atoms with van der Waals surface area (Å²) in [7, 11) is 0. The van der Waals surface area contributed by atoms with Gasteiger partial charge >= 0.3 is 0 Å². The van der Waals surface area contributed by atoms with Gasteiger partial charge in [-0.15, -0.1) is 0 Å². The van der Waals surface area contributed by atoms with E-state index in [1.807, 2.05) is 0 Å². The zero-order valence-electron chi connectivity index (χ0n) is 10.8. The third kappa shape index (κ3) is 2.97. The van der Waals surface area contributed by atoms with E-state index in [0.29, 0.717) is 16.1 Å². The summed E-state index contributed by atoms with van der Waals surface area (Å²) in [5.41, 5.74) is 0. The summed E-state index contributed by atoms with van der Waals surface area (Å²) in [6.45, 7) is 6.49. The van der Waals surface area contributed by atoms with Gasteiger partial charge in [-0.2, -0.15) is 0 Å². The van der Waals surface area contributed by atoms with E-state index in [9.17, 15) is 0 Å². The molecule has 2 aliphatic heterocycles. The van der Waals surface area contributed by atoms with Crippen LogP contribution in [0.4, 0.5) is 5.82 Å². The van der Waals surface area contributed by atoms with E-state index >= 15 is 0 Å². The maximum absolute atomic E-state index is 6.23. The predicted octanol–water partition coefficient (Wildman–Crippen LogP) is 1.87. The molecule has 1 atom stereocenters. The summed E-state index contributed by atoms with van der Waals surface area (Å²) in [4.78, 5) is 9.21. The first kappa shape index (κ1) is 13.4. The molecular weight excluding hydrogens is 283 g/mol. The summed E-state index contributed by atoms with van der Waals surface area (Å²) in [6, 6.07) is 2.39. The lowest BCUT2D eigenvalue weighted by Crippen LogP contribution is -2.49. The Labute approximate surface area is 123 Å². The van der Waals surface area contributed by atoms with Crippen LogP contribution in [-0.4, -0.2) is 55.2 Å². The fourth-order valence-electron chi connectivity index (χ4n) is 2.92. The molecule has 1 aromatic heterocycles. The van der Waals surface area contributed by atoms with E-state index in [0.717, 1.165) is 45.1 Å². The Kier molecular flexibility index (Phi) is 4.12. The number of halogens is 2. The van der Waals surface area contributed by atoms with Gasteiger partial charge in [0.15, 0.2) is 0 Å². The van der Waals surface area contributed by atoms with Gasteiger partial charge < -0.3 is 10.2 Å². The van der Waals surface area contributed by atoms with Crippen molar-refractivity contribution in [3.63, 3.8) is 0 Å². The highest BCUT2D eigenvalue weighted by Crippen LogP contribution is 2.29. The van der Waals surface area contributed by atoms with Crippen molar-refractivity contribution in [3.05, 3.63) is 22.3 Å². The molecule has 0 saturated carbocycles. The van der Waals surface area contributed by atoms with Gasteiger partial charge in [-0.25, -0.2) is 4.98 Å². The van der Waals surface area contributed by atoms with Crippen LogP contribution in [0.3, 0.4) is 0 Å². The molecule has 1 unspecified atom stereocenters. The topological polar surface area (TPSA) is 31.4 Å². The highest BCUT2D eigenvalue weighted by Gasteiger charge is 2.29. The predicted molar refractivity (Wildman–Crippen MR) is 79.3 cm³/mol. The zero-order chi connectivity index (χ0) is 13.2. The molecule has 1 N–H and O–H groups in total. The minimum Gasteiger partial charge on any atom is -0.354 e. The van der Waals surface area contributed by atoms with Gasteiger partial charge in [-0.1, -0.05) is 23.2 Å². The molecule has 104 valence electrons. The van der Waals surface area contributed by atoms with Crippen LogP contribution in [-0.2, 0) is 0 Å². The lowest BCUT2D eigenvalue weighted by atomic mass is 10.2. The molecule has 4 nitrogen and oxygen atoms in total. The molecular formula is C13H18Cl2N4. The number of rotatable bonds is 2. The Bertz CT molecular complexity index is 448. The SMILES string of the molecule is Clc1cnc(N2CCC(N3CCNCC3)C2)c(Cl)c1. The third-order valence-corrected chi connectivity index (χ3v) is 4.40. The van der Waals surface area contributed by atoms with Gasteiger partial charge in [0, 0.05) is 51.5 Å². The molecule has 3 heterocycles. The maximum atomic E-state index is 6.23. The molecule has 19 heavy (non-hydrogen) atoms. The normalized spacial score (nSPS) is 24.9. The summed E-state index contributed by atoms with van der Waals surface area (Å²) >= 11 is 12.1. The van der Waals surface area contributed by atoms with Crippen LogP contribution in [0.25, 0.3) is 0 Å². The van der Waals surface area contributed by atoms with Crippen molar-refractivity contribution in [1.82, 2.24) is 15.2 Å². The van der Waals surface area contributed by atoms with Gasteiger partial charge in [-0.3, -0.25) is 4.90 Å². The minimum absolute atomic E-state index is 0.589. The van der Waals surface area contributed by atoms with Crippen LogP contribution in [0.15, 0.2) is 12.3 Å². The van der Waals surface area contributed by atoms with Crippen LogP contribution < -0.4 is 10.2 Å². The summed E-state index contributed by atoms with van der Waals surface area (Å²) in [6.07, 6.45) is 2.85. The molecule has 2 fully saturated rings. The van der Waals surface area contributed by atoms with Gasteiger partial charge in [0.25, 0.3) is 0 Å². The molecule has 1 aromatic rings. The fourth-order valence-corrected chi connectivity index (χ4v) is 3.42. The summed E-state index contributed by atoms with van der Waals surface area (Å²) in [5.74, 6) is 0.865. The minimum atomic E-state index is 0.589. The molecule has 6 heteroatoms. The van der Waals surface area contributed by atoms with E-state index < -0.39 is 0 Å². The molecule has 0 aliphatic carbocycles. The maximum Gasteiger partial charge on any atom is 0.147 e. The first-order chi connectivity index (χ1) is 9.24. The van der Waals surface area contributed by atoms with Gasteiger partial charge in [0.1, 0.15) is 5.82 Å². The van der Waals surface area contributed by atoms with E-state index in [1.54, 1.807) is 12.3 Å². The van der Waals surface area contributed by atoms with Crippen LogP contribution in [0.2, 0.25) is 10.0 Å². The molecule has 3 rings (SSSR count). The van der Waals surface area contributed by atoms with E-state index in [4.69, 9.17) is 23.2 Å². The monoisotopic (exact) mass is 300 g/mol. The van der Waals surface area contributed by atoms with Crippen LogP contribution in [0.1, 0.15) is 6.42 Å². The molecule has 0 bridgehead atoms. The number of aromatic nitrogens is 1. The fraction of sp³-hybridized carbons (Fsp3) is 0.615. The largest absolute Gasteiger partial charge is 0.354 e. The van der Waals surface area contributed by atoms with Gasteiger partial charge in [0.05, 0.1) is 10.0 Å². The second kappa shape index (κ2) is 5.83. The van der Waals surface area contributed by atoms with Gasteiger partial charge in [-0.05, 0) is 12.5 Å². The van der Waals surface area contributed by atoms with Crippen LogP contribution in [0, 0.1) is 0 Å². The van der Waals surface area contributed by atoms with Crippen molar-refractivity contribution in [1.29, 1.82) is 0 Å². The molecule has 0 radical (unpaired) electrons. The Morgan fingerprint density at radius 2 is 2.00 bits per heavy atom. The number of piperazine rings is 1. The number of nitrogens with zero attached hydrogens (tertiary/aromatic N) is 3. The van der Waals surface area contributed by atoms with Crippen LogP contribution in [0.5, 0.6) is 0 Å². The smallest absolute Gasteiger partial charge is 0.147 e.